The lowest BCUT2D eigenvalue weighted by Crippen LogP contribution is -2.33. The van der Waals surface area contributed by atoms with Gasteiger partial charge >= 0.3 is 0 Å². The van der Waals surface area contributed by atoms with Gasteiger partial charge in [-0.15, -0.1) is 0 Å². The van der Waals surface area contributed by atoms with Crippen molar-refractivity contribution in [3.8, 4) is 0 Å². The van der Waals surface area contributed by atoms with Crippen molar-refractivity contribution in [1.82, 2.24) is 4.90 Å². The van der Waals surface area contributed by atoms with Gasteiger partial charge in [-0.2, -0.15) is 0 Å². The van der Waals surface area contributed by atoms with Crippen LogP contribution < -0.4 is 0 Å². The van der Waals surface area contributed by atoms with Crippen LogP contribution in [0.15, 0.2) is 0 Å². The van der Waals surface area contributed by atoms with Crippen LogP contribution in [0.4, 0.5) is 0 Å². The van der Waals surface area contributed by atoms with Gasteiger partial charge in [0.2, 0.25) is 0 Å². The summed E-state index contributed by atoms with van der Waals surface area (Å²) in [6.07, 6.45) is 8.48. The lowest BCUT2D eigenvalue weighted by Gasteiger charge is -2.23. The average Bonchev–Trinajstić information content (AvgIpc) is 2.92. The molecule has 1 N–H and O–H groups in total. The second kappa shape index (κ2) is 4.19. The predicted octanol–water partition coefficient (Wildman–Crippen LogP) is 2.17. The highest BCUT2D eigenvalue weighted by atomic mass is 16.3. The molecule has 0 bridgehead atoms. The fraction of sp³-hybridized carbons (Fsp3) is 1.00. The van der Waals surface area contributed by atoms with E-state index in [0.29, 0.717) is 0 Å². The molecular weight excluding hydrogens is 174 g/mol. The molecule has 1 saturated heterocycles. The van der Waals surface area contributed by atoms with Crippen LogP contribution in [-0.4, -0.2) is 34.7 Å². The number of aliphatic hydroxyl groups is 1. The third-order valence-electron chi connectivity index (χ3n) is 3.67. The zero-order valence-electron chi connectivity index (χ0n) is 9.34. The number of rotatable bonds is 5. The molecule has 82 valence electrons. The molecule has 2 rings (SSSR count). The third kappa shape index (κ3) is 2.48. The van der Waals surface area contributed by atoms with Gasteiger partial charge in [-0.25, -0.2) is 0 Å². The number of nitrogens with zero attached hydrogens (tertiary/aromatic N) is 1. The number of hydrogen-bond donors (Lipinski definition) is 1. The van der Waals surface area contributed by atoms with Crippen molar-refractivity contribution >= 4 is 0 Å². The van der Waals surface area contributed by atoms with Crippen molar-refractivity contribution in [3.05, 3.63) is 0 Å². The molecule has 0 aromatic carbocycles. The van der Waals surface area contributed by atoms with Crippen molar-refractivity contribution in [2.24, 2.45) is 0 Å². The van der Waals surface area contributed by atoms with E-state index >= 15 is 0 Å². The smallest absolute Gasteiger partial charge is 0.0786 e. The fourth-order valence-corrected chi connectivity index (χ4v) is 2.55. The summed E-state index contributed by atoms with van der Waals surface area (Å²) in [5.41, 5.74) is -0.336. The summed E-state index contributed by atoms with van der Waals surface area (Å²) in [5, 5.41) is 10.3. The highest BCUT2D eigenvalue weighted by Gasteiger charge is 2.41. The van der Waals surface area contributed by atoms with Gasteiger partial charge in [0.25, 0.3) is 0 Å². The zero-order chi connectivity index (χ0) is 10.0. The van der Waals surface area contributed by atoms with Crippen LogP contribution in [0.3, 0.4) is 0 Å². The van der Waals surface area contributed by atoms with Crippen LogP contribution in [-0.2, 0) is 0 Å². The van der Waals surface area contributed by atoms with E-state index in [1.54, 1.807) is 0 Å². The fourth-order valence-electron chi connectivity index (χ4n) is 2.55. The molecule has 2 aliphatic rings. The van der Waals surface area contributed by atoms with E-state index < -0.39 is 0 Å². The molecule has 14 heavy (non-hydrogen) atoms. The predicted molar refractivity (Wildman–Crippen MR) is 58.3 cm³/mol. The molecule has 0 aromatic rings. The first-order valence-corrected chi connectivity index (χ1v) is 6.20. The molecule has 1 aliphatic carbocycles. The Kier molecular flexibility index (Phi) is 3.13. The van der Waals surface area contributed by atoms with Crippen molar-refractivity contribution in [2.75, 3.05) is 13.1 Å². The Balaban J connectivity index is 1.73. The standard InChI is InChI=1S/C12H23NO/c1-2-3-4-7-12(14)8-9-13(10-12)11-5-6-11/h11,14H,2-10H2,1H3. The van der Waals surface area contributed by atoms with Gasteiger partial charge in [-0.05, 0) is 25.7 Å². The molecule has 1 aliphatic heterocycles. The van der Waals surface area contributed by atoms with Crippen LogP contribution in [0.5, 0.6) is 0 Å². The van der Waals surface area contributed by atoms with Gasteiger partial charge in [0, 0.05) is 19.1 Å². The summed E-state index contributed by atoms with van der Waals surface area (Å²) in [6, 6.07) is 0.829. The number of likely N-dealkylation sites (tertiary alicyclic amines) is 1. The molecule has 2 heteroatoms. The van der Waals surface area contributed by atoms with Crippen LogP contribution >= 0.6 is 0 Å². The van der Waals surface area contributed by atoms with Gasteiger partial charge in [0.1, 0.15) is 0 Å². The van der Waals surface area contributed by atoms with E-state index in [1.807, 2.05) is 0 Å². The number of unbranched alkanes of at least 4 members (excludes halogenated alkanes) is 2. The number of β-amino-alcohol motifs (C(OH)–C–C–N with tert-alkyl or cyclic N) is 1. The first kappa shape index (κ1) is 10.4. The van der Waals surface area contributed by atoms with Crippen LogP contribution in [0.25, 0.3) is 0 Å². The third-order valence-corrected chi connectivity index (χ3v) is 3.67. The van der Waals surface area contributed by atoms with Gasteiger partial charge < -0.3 is 5.11 Å². The first-order valence-electron chi connectivity index (χ1n) is 6.20. The molecule has 1 heterocycles. The summed E-state index contributed by atoms with van der Waals surface area (Å²) < 4.78 is 0. The lowest BCUT2D eigenvalue weighted by atomic mass is 9.95. The van der Waals surface area contributed by atoms with Gasteiger partial charge in [0.15, 0.2) is 0 Å². The van der Waals surface area contributed by atoms with E-state index in [9.17, 15) is 5.11 Å². The molecule has 1 saturated carbocycles. The summed E-state index contributed by atoms with van der Waals surface area (Å²) in [5.74, 6) is 0. The molecule has 0 spiro atoms. The van der Waals surface area contributed by atoms with E-state index in [4.69, 9.17) is 0 Å². The Bertz CT molecular complexity index is 191. The molecule has 0 aromatic heterocycles. The van der Waals surface area contributed by atoms with Crippen LogP contribution in [0.2, 0.25) is 0 Å². The number of hydrogen-bond acceptors (Lipinski definition) is 2. The lowest BCUT2D eigenvalue weighted by molar-refractivity contribution is 0.0373. The van der Waals surface area contributed by atoms with Crippen LogP contribution in [0.1, 0.15) is 51.9 Å². The minimum Gasteiger partial charge on any atom is -0.389 e. The summed E-state index contributed by atoms with van der Waals surface area (Å²) >= 11 is 0. The topological polar surface area (TPSA) is 23.5 Å². The Hall–Kier alpha value is -0.0800. The van der Waals surface area contributed by atoms with Crippen molar-refractivity contribution < 1.29 is 5.11 Å². The SMILES string of the molecule is CCCCCC1(O)CCN(C2CC2)C1. The summed E-state index contributed by atoms with van der Waals surface area (Å²) in [6.45, 7) is 4.30. The molecule has 2 fully saturated rings. The monoisotopic (exact) mass is 197 g/mol. The van der Waals surface area contributed by atoms with Crippen molar-refractivity contribution in [2.45, 2.75) is 63.5 Å². The van der Waals surface area contributed by atoms with E-state index in [-0.39, 0.29) is 5.60 Å². The highest BCUT2D eigenvalue weighted by molar-refractivity contribution is 4.96. The van der Waals surface area contributed by atoms with Gasteiger partial charge in [-0.3, -0.25) is 4.90 Å². The van der Waals surface area contributed by atoms with Gasteiger partial charge in [-0.1, -0.05) is 26.2 Å². The Morgan fingerprint density at radius 2 is 2.14 bits per heavy atom. The average molecular weight is 197 g/mol. The summed E-state index contributed by atoms with van der Waals surface area (Å²) in [4.78, 5) is 2.49. The first-order chi connectivity index (χ1) is 6.73. The van der Waals surface area contributed by atoms with Gasteiger partial charge in [0.05, 0.1) is 5.60 Å². The highest BCUT2D eigenvalue weighted by Crippen LogP contribution is 2.35. The Labute approximate surface area is 87.3 Å². The molecule has 1 unspecified atom stereocenters. The second-order valence-electron chi connectivity index (χ2n) is 5.13. The molecule has 1 atom stereocenters. The Morgan fingerprint density at radius 3 is 2.79 bits per heavy atom. The zero-order valence-corrected chi connectivity index (χ0v) is 9.34. The molecule has 0 radical (unpaired) electrons. The minimum absolute atomic E-state index is 0.336. The van der Waals surface area contributed by atoms with E-state index in [2.05, 4.69) is 11.8 Å². The van der Waals surface area contributed by atoms with Crippen LogP contribution in [0, 0.1) is 0 Å². The van der Waals surface area contributed by atoms with E-state index in [0.717, 1.165) is 32.0 Å². The molecule has 0 amide bonds. The van der Waals surface area contributed by atoms with Crippen molar-refractivity contribution in [3.63, 3.8) is 0 Å². The maximum absolute atomic E-state index is 10.3. The quantitative estimate of drug-likeness (QED) is 0.683. The summed E-state index contributed by atoms with van der Waals surface area (Å²) in [7, 11) is 0. The molecular formula is C12H23NO. The normalized spacial score (nSPS) is 33.9. The maximum atomic E-state index is 10.3. The molecule has 2 nitrogen and oxygen atoms in total. The Morgan fingerprint density at radius 1 is 1.36 bits per heavy atom. The second-order valence-corrected chi connectivity index (χ2v) is 5.13. The maximum Gasteiger partial charge on any atom is 0.0786 e. The minimum atomic E-state index is -0.336. The van der Waals surface area contributed by atoms with Crippen molar-refractivity contribution in [1.29, 1.82) is 0 Å². The van der Waals surface area contributed by atoms with E-state index in [1.165, 1.54) is 32.1 Å². The largest absolute Gasteiger partial charge is 0.389 e.